The Morgan fingerprint density at radius 3 is 2.76 bits per heavy atom. The zero-order valence-electron chi connectivity index (χ0n) is 9.15. The first kappa shape index (κ1) is 14.3. The first-order valence-corrected chi connectivity index (χ1v) is 7.17. The lowest BCUT2D eigenvalue weighted by molar-refractivity contribution is -0.136. The fourth-order valence-electron chi connectivity index (χ4n) is 1.39. The van der Waals surface area contributed by atoms with Crippen LogP contribution in [0.25, 0.3) is 0 Å². The summed E-state index contributed by atoms with van der Waals surface area (Å²) in [7, 11) is -1.55. The van der Waals surface area contributed by atoms with E-state index < -0.39 is 27.8 Å². The molecule has 2 atom stereocenters. The number of rotatable bonds is 5. The van der Waals surface area contributed by atoms with Crippen molar-refractivity contribution in [1.29, 1.82) is 0 Å². The van der Waals surface area contributed by atoms with Gasteiger partial charge in [-0.05, 0) is 34.0 Å². The van der Waals surface area contributed by atoms with E-state index in [1.54, 1.807) is 13.0 Å². The van der Waals surface area contributed by atoms with Crippen molar-refractivity contribution in [2.75, 3.05) is 0 Å². The third-order valence-electron chi connectivity index (χ3n) is 2.29. The molecular formula is C11H12BrFO3S. The third kappa shape index (κ3) is 3.61. The van der Waals surface area contributed by atoms with E-state index in [0.29, 0.717) is 5.56 Å². The molecule has 0 bridgehead atoms. The first-order chi connectivity index (χ1) is 7.97. The molecule has 0 aliphatic carbocycles. The van der Waals surface area contributed by atoms with Crippen molar-refractivity contribution < 1.29 is 18.5 Å². The molecule has 0 amide bonds. The highest BCUT2D eigenvalue weighted by molar-refractivity contribution is 9.10. The second kappa shape index (κ2) is 6.26. The maximum atomic E-state index is 13.2. The summed E-state index contributed by atoms with van der Waals surface area (Å²) < 4.78 is 25.3. The maximum Gasteiger partial charge on any atom is 0.319 e. The molecule has 0 radical (unpaired) electrons. The zero-order chi connectivity index (χ0) is 13.0. The summed E-state index contributed by atoms with van der Waals surface area (Å²) in [5.41, 5.74) is 0.517. The molecule has 1 N–H and O–H groups in total. The van der Waals surface area contributed by atoms with E-state index in [0.717, 1.165) is 0 Å². The van der Waals surface area contributed by atoms with Crippen LogP contribution >= 0.6 is 15.9 Å². The van der Waals surface area contributed by atoms with Crippen LogP contribution in [0.2, 0.25) is 0 Å². The lowest BCUT2D eigenvalue weighted by Gasteiger charge is -2.10. The van der Waals surface area contributed by atoms with Crippen LogP contribution < -0.4 is 0 Å². The minimum absolute atomic E-state index is 0.0309. The zero-order valence-corrected chi connectivity index (χ0v) is 11.6. The Morgan fingerprint density at radius 1 is 1.59 bits per heavy atom. The summed E-state index contributed by atoms with van der Waals surface area (Å²) in [6.07, 6.45) is 0.287. The van der Waals surface area contributed by atoms with Crippen molar-refractivity contribution in [3.63, 3.8) is 0 Å². The summed E-state index contributed by atoms with van der Waals surface area (Å²) in [6.45, 7) is 1.66. The molecule has 0 saturated heterocycles. The fraction of sp³-hybridized carbons (Fsp3) is 0.364. The predicted molar refractivity (Wildman–Crippen MR) is 67.7 cm³/mol. The van der Waals surface area contributed by atoms with E-state index in [-0.39, 0.29) is 16.6 Å². The molecule has 6 heteroatoms. The summed E-state index contributed by atoms with van der Waals surface area (Å²) in [6, 6.07) is 4.42. The largest absolute Gasteiger partial charge is 0.480 e. The van der Waals surface area contributed by atoms with E-state index in [1.807, 2.05) is 0 Å². The van der Waals surface area contributed by atoms with Gasteiger partial charge in [-0.1, -0.05) is 19.1 Å². The minimum Gasteiger partial charge on any atom is -0.480 e. The van der Waals surface area contributed by atoms with Gasteiger partial charge in [-0.15, -0.1) is 0 Å². The van der Waals surface area contributed by atoms with E-state index in [1.165, 1.54) is 12.1 Å². The highest BCUT2D eigenvalue weighted by Crippen LogP contribution is 2.22. The smallest absolute Gasteiger partial charge is 0.319 e. The van der Waals surface area contributed by atoms with Crippen molar-refractivity contribution in [1.82, 2.24) is 0 Å². The topological polar surface area (TPSA) is 54.4 Å². The van der Waals surface area contributed by atoms with Crippen molar-refractivity contribution >= 4 is 32.7 Å². The quantitative estimate of drug-likeness (QED) is 0.906. The van der Waals surface area contributed by atoms with Gasteiger partial charge in [0.15, 0.2) is 0 Å². The van der Waals surface area contributed by atoms with Crippen molar-refractivity contribution in [2.45, 2.75) is 24.3 Å². The van der Waals surface area contributed by atoms with E-state index in [4.69, 9.17) is 5.11 Å². The Morgan fingerprint density at radius 2 is 2.24 bits per heavy atom. The van der Waals surface area contributed by atoms with Gasteiger partial charge < -0.3 is 5.11 Å². The van der Waals surface area contributed by atoms with Crippen molar-refractivity contribution in [3.05, 3.63) is 34.1 Å². The normalized spacial score (nSPS) is 14.3. The van der Waals surface area contributed by atoms with Gasteiger partial charge in [-0.3, -0.25) is 9.00 Å². The van der Waals surface area contributed by atoms with Gasteiger partial charge in [-0.2, -0.15) is 0 Å². The monoisotopic (exact) mass is 322 g/mol. The summed E-state index contributed by atoms with van der Waals surface area (Å²) >= 11 is 3.06. The van der Waals surface area contributed by atoms with E-state index >= 15 is 0 Å². The number of carboxylic acid groups (broad SMARTS) is 1. The minimum atomic E-state index is -1.55. The molecule has 94 valence electrons. The van der Waals surface area contributed by atoms with E-state index in [9.17, 15) is 13.4 Å². The van der Waals surface area contributed by atoms with Crippen molar-refractivity contribution in [3.8, 4) is 0 Å². The maximum absolute atomic E-state index is 13.2. The molecule has 1 aromatic carbocycles. The summed E-state index contributed by atoms with van der Waals surface area (Å²) in [4.78, 5) is 10.8. The predicted octanol–water partition coefficient (Wildman–Crippen LogP) is 2.70. The number of aliphatic carboxylic acids is 1. The number of hydrogen-bond donors (Lipinski definition) is 1. The SMILES string of the molecule is CCC(C(=O)O)S(=O)Cc1cccc(F)c1Br. The molecule has 1 aromatic rings. The third-order valence-corrected chi connectivity index (χ3v) is 4.95. The number of benzene rings is 1. The van der Waals surface area contributed by atoms with E-state index in [2.05, 4.69) is 15.9 Å². The molecule has 0 aliphatic rings. The van der Waals surface area contributed by atoms with Crippen LogP contribution in [0.3, 0.4) is 0 Å². The fourth-order valence-corrected chi connectivity index (χ4v) is 3.32. The van der Waals surface area contributed by atoms with Gasteiger partial charge in [0, 0.05) is 10.8 Å². The molecule has 0 spiro atoms. The molecular weight excluding hydrogens is 311 g/mol. The number of carboxylic acids is 1. The molecule has 0 saturated carbocycles. The summed E-state index contributed by atoms with van der Waals surface area (Å²) in [5.74, 6) is -1.50. The molecule has 2 unspecified atom stereocenters. The van der Waals surface area contributed by atoms with Crippen LogP contribution in [-0.4, -0.2) is 20.5 Å². The van der Waals surface area contributed by atoms with Crippen LogP contribution in [-0.2, 0) is 21.3 Å². The average molecular weight is 323 g/mol. The van der Waals surface area contributed by atoms with Gasteiger partial charge in [0.25, 0.3) is 0 Å². The standard InChI is InChI=1S/C11H12BrFO3S/c1-2-9(11(14)15)17(16)6-7-4-3-5-8(13)10(7)12/h3-5,9H,2,6H2,1H3,(H,14,15). The number of hydrogen-bond acceptors (Lipinski definition) is 2. The van der Waals surface area contributed by atoms with Crippen LogP contribution in [0.5, 0.6) is 0 Å². The Labute approximate surface area is 110 Å². The number of carbonyl (C=O) groups is 1. The van der Waals surface area contributed by atoms with Crippen LogP contribution in [0, 0.1) is 5.82 Å². The molecule has 17 heavy (non-hydrogen) atoms. The Hall–Kier alpha value is -0.750. The average Bonchev–Trinajstić information content (AvgIpc) is 2.25. The Balaban J connectivity index is 2.88. The summed E-state index contributed by atoms with van der Waals surface area (Å²) in [5, 5.41) is 7.95. The Bertz CT molecular complexity index is 450. The molecule has 0 aromatic heterocycles. The van der Waals surface area contributed by atoms with Gasteiger partial charge in [0.1, 0.15) is 11.1 Å². The van der Waals surface area contributed by atoms with Gasteiger partial charge >= 0.3 is 5.97 Å². The molecule has 1 rings (SSSR count). The van der Waals surface area contributed by atoms with Gasteiger partial charge in [-0.25, -0.2) is 4.39 Å². The van der Waals surface area contributed by atoms with Gasteiger partial charge in [0.2, 0.25) is 0 Å². The molecule has 0 aliphatic heterocycles. The highest BCUT2D eigenvalue weighted by atomic mass is 79.9. The number of halogens is 2. The molecule has 0 heterocycles. The lowest BCUT2D eigenvalue weighted by Crippen LogP contribution is -2.25. The van der Waals surface area contributed by atoms with Gasteiger partial charge in [0.05, 0.1) is 10.2 Å². The highest BCUT2D eigenvalue weighted by Gasteiger charge is 2.23. The molecule has 3 nitrogen and oxygen atoms in total. The van der Waals surface area contributed by atoms with Crippen LogP contribution in [0.15, 0.2) is 22.7 Å². The second-order valence-corrected chi connectivity index (χ2v) is 5.89. The Kier molecular flexibility index (Phi) is 5.27. The van der Waals surface area contributed by atoms with Crippen molar-refractivity contribution in [2.24, 2.45) is 0 Å². The second-order valence-electron chi connectivity index (χ2n) is 3.47. The van der Waals surface area contributed by atoms with Crippen LogP contribution in [0.1, 0.15) is 18.9 Å². The van der Waals surface area contributed by atoms with Crippen LogP contribution in [0.4, 0.5) is 4.39 Å². The first-order valence-electron chi connectivity index (χ1n) is 5.00. The molecule has 0 fully saturated rings. The lowest BCUT2D eigenvalue weighted by atomic mass is 10.2.